The van der Waals surface area contributed by atoms with Crippen molar-refractivity contribution in [2.24, 2.45) is 5.73 Å². The zero-order valence-corrected chi connectivity index (χ0v) is 12.3. The number of carbonyl (C=O) groups excluding carboxylic acids is 1. The number of hydrogen-bond donors (Lipinski definition) is 2. The molecule has 1 aromatic carbocycles. The first kappa shape index (κ1) is 14.6. The number of hydrogen-bond acceptors (Lipinski definition) is 2. The molecule has 1 aliphatic carbocycles. The van der Waals surface area contributed by atoms with Crippen LogP contribution in [-0.4, -0.2) is 18.0 Å². The zero-order valence-electron chi connectivity index (χ0n) is 12.3. The third kappa shape index (κ3) is 3.20. The molecule has 1 aromatic rings. The van der Waals surface area contributed by atoms with Crippen molar-refractivity contribution < 1.29 is 4.79 Å². The van der Waals surface area contributed by atoms with E-state index in [1.807, 2.05) is 25.1 Å². The van der Waals surface area contributed by atoms with Crippen LogP contribution in [0.1, 0.15) is 54.1 Å². The van der Waals surface area contributed by atoms with E-state index < -0.39 is 0 Å². The average molecular weight is 270 g/mol. The van der Waals surface area contributed by atoms with Gasteiger partial charge < -0.3 is 11.1 Å². The number of carbonyl (C=O) groups is 1. The molecular formula is C17H22N2O. The second-order valence-electron chi connectivity index (χ2n) is 5.71. The molecule has 0 aliphatic heterocycles. The third-order valence-electron chi connectivity index (χ3n) is 4.03. The Balaban J connectivity index is 2.22. The fourth-order valence-corrected chi connectivity index (χ4v) is 2.79. The Bertz CT molecular complexity index is 560. The molecule has 1 saturated carbocycles. The zero-order chi connectivity index (χ0) is 14.6. The van der Waals surface area contributed by atoms with Crippen molar-refractivity contribution in [2.45, 2.75) is 45.1 Å². The predicted octanol–water partition coefficient (Wildman–Crippen LogP) is 2.37. The number of nitrogens with two attached hydrogens (primary N) is 1. The van der Waals surface area contributed by atoms with Gasteiger partial charge in [0, 0.05) is 16.7 Å². The van der Waals surface area contributed by atoms with Gasteiger partial charge in [0.1, 0.15) is 0 Å². The Labute approximate surface area is 120 Å². The second kappa shape index (κ2) is 6.11. The van der Waals surface area contributed by atoms with Crippen LogP contribution < -0.4 is 11.1 Å². The molecule has 0 radical (unpaired) electrons. The van der Waals surface area contributed by atoms with Gasteiger partial charge in [-0.05, 0) is 44.4 Å². The van der Waals surface area contributed by atoms with Crippen molar-refractivity contribution in [2.75, 3.05) is 6.54 Å². The minimum atomic E-state index is -0.0531. The minimum Gasteiger partial charge on any atom is -0.347 e. The smallest absolute Gasteiger partial charge is 0.252 e. The van der Waals surface area contributed by atoms with E-state index in [9.17, 15) is 4.79 Å². The molecule has 106 valence electrons. The van der Waals surface area contributed by atoms with Crippen LogP contribution in [0.25, 0.3) is 0 Å². The highest BCUT2D eigenvalue weighted by Gasteiger charge is 2.30. The van der Waals surface area contributed by atoms with Crippen LogP contribution in [0.3, 0.4) is 0 Å². The van der Waals surface area contributed by atoms with Crippen LogP contribution in [0, 0.1) is 18.8 Å². The summed E-state index contributed by atoms with van der Waals surface area (Å²) in [6.45, 7) is 4.39. The summed E-state index contributed by atoms with van der Waals surface area (Å²) in [5.74, 6) is 5.86. The quantitative estimate of drug-likeness (QED) is 0.811. The second-order valence-corrected chi connectivity index (χ2v) is 5.71. The first-order valence-electron chi connectivity index (χ1n) is 7.17. The van der Waals surface area contributed by atoms with E-state index in [2.05, 4.69) is 24.1 Å². The van der Waals surface area contributed by atoms with Crippen LogP contribution in [0.4, 0.5) is 0 Å². The van der Waals surface area contributed by atoms with Gasteiger partial charge in [-0.1, -0.05) is 30.7 Å². The molecule has 0 spiro atoms. The summed E-state index contributed by atoms with van der Waals surface area (Å²) in [7, 11) is 0. The van der Waals surface area contributed by atoms with Gasteiger partial charge in [0.2, 0.25) is 0 Å². The maximum atomic E-state index is 12.5. The van der Waals surface area contributed by atoms with Crippen LogP contribution in [-0.2, 0) is 0 Å². The van der Waals surface area contributed by atoms with E-state index in [4.69, 9.17) is 5.73 Å². The Hall–Kier alpha value is -1.79. The molecule has 3 heteroatoms. The lowest BCUT2D eigenvalue weighted by molar-refractivity contribution is 0.0907. The Kier molecular flexibility index (Phi) is 4.46. The summed E-state index contributed by atoms with van der Waals surface area (Å²) in [5, 5.41) is 3.18. The third-order valence-corrected chi connectivity index (χ3v) is 4.03. The van der Waals surface area contributed by atoms with Gasteiger partial charge >= 0.3 is 0 Å². The van der Waals surface area contributed by atoms with Crippen LogP contribution in [0.15, 0.2) is 18.2 Å². The molecule has 0 aromatic heterocycles. The Morgan fingerprint density at radius 3 is 2.75 bits per heavy atom. The SMILES string of the molecule is Cc1c(C#CCN)cccc1C(=O)NC1(C)CCCC1. The molecule has 0 unspecified atom stereocenters. The lowest BCUT2D eigenvalue weighted by atomic mass is 9.97. The van der Waals surface area contributed by atoms with Gasteiger partial charge in [-0.15, -0.1) is 0 Å². The molecule has 3 nitrogen and oxygen atoms in total. The largest absolute Gasteiger partial charge is 0.347 e. The summed E-state index contributed by atoms with van der Waals surface area (Å²) in [4.78, 5) is 12.5. The number of amides is 1. The van der Waals surface area contributed by atoms with Crippen molar-refractivity contribution >= 4 is 5.91 Å². The topological polar surface area (TPSA) is 55.1 Å². The molecule has 0 bridgehead atoms. The lowest BCUT2D eigenvalue weighted by Crippen LogP contribution is -2.43. The van der Waals surface area contributed by atoms with Gasteiger partial charge in [-0.2, -0.15) is 0 Å². The summed E-state index contributed by atoms with van der Waals surface area (Å²) >= 11 is 0. The molecule has 1 aliphatic rings. The van der Waals surface area contributed by atoms with Crippen molar-refractivity contribution in [1.82, 2.24) is 5.32 Å². The fourth-order valence-electron chi connectivity index (χ4n) is 2.79. The molecule has 20 heavy (non-hydrogen) atoms. The van der Waals surface area contributed by atoms with Crippen molar-refractivity contribution in [1.29, 1.82) is 0 Å². The first-order valence-corrected chi connectivity index (χ1v) is 7.17. The molecule has 0 atom stereocenters. The fraction of sp³-hybridized carbons (Fsp3) is 0.471. The Morgan fingerprint density at radius 2 is 2.10 bits per heavy atom. The highest BCUT2D eigenvalue weighted by Crippen LogP contribution is 2.29. The standard InChI is InChI=1S/C17H22N2O/c1-13-14(8-6-12-18)7-5-9-15(13)16(20)19-17(2)10-3-4-11-17/h5,7,9H,3-4,10-12,18H2,1-2H3,(H,19,20). The number of rotatable bonds is 2. The van der Waals surface area contributed by atoms with Crippen molar-refractivity contribution in [3.63, 3.8) is 0 Å². The molecule has 0 heterocycles. The van der Waals surface area contributed by atoms with Crippen LogP contribution in [0.2, 0.25) is 0 Å². The lowest BCUT2D eigenvalue weighted by Gasteiger charge is -2.25. The molecule has 3 N–H and O–H groups in total. The predicted molar refractivity (Wildman–Crippen MR) is 81.5 cm³/mol. The number of nitrogens with one attached hydrogen (secondary N) is 1. The molecule has 2 rings (SSSR count). The van der Waals surface area contributed by atoms with E-state index in [0.717, 1.165) is 24.0 Å². The van der Waals surface area contributed by atoms with Crippen LogP contribution in [0.5, 0.6) is 0 Å². The van der Waals surface area contributed by atoms with E-state index >= 15 is 0 Å². The molecule has 1 fully saturated rings. The van der Waals surface area contributed by atoms with Crippen LogP contribution >= 0.6 is 0 Å². The Morgan fingerprint density at radius 1 is 1.40 bits per heavy atom. The highest BCUT2D eigenvalue weighted by molar-refractivity contribution is 5.96. The summed E-state index contributed by atoms with van der Waals surface area (Å²) in [5.41, 5.74) is 7.85. The normalized spacial score (nSPS) is 16.4. The van der Waals surface area contributed by atoms with Gasteiger partial charge in [0.15, 0.2) is 0 Å². The van der Waals surface area contributed by atoms with E-state index in [1.54, 1.807) is 0 Å². The average Bonchev–Trinajstić information content (AvgIpc) is 2.84. The van der Waals surface area contributed by atoms with E-state index in [1.165, 1.54) is 12.8 Å². The van der Waals surface area contributed by atoms with Gasteiger partial charge in [-0.3, -0.25) is 4.79 Å². The maximum Gasteiger partial charge on any atom is 0.252 e. The summed E-state index contributed by atoms with van der Waals surface area (Å²) in [6, 6.07) is 5.65. The molecular weight excluding hydrogens is 248 g/mol. The molecule has 1 amide bonds. The summed E-state index contributed by atoms with van der Waals surface area (Å²) < 4.78 is 0. The van der Waals surface area contributed by atoms with Gasteiger partial charge in [-0.25, -0.2) is 0 Å². The van der Waals surface area contributed by atoms with Crippen molar-refractivity contribution in [3.8, 4) is 11.8 Å². The maximum absolute atomic E-state index is 12.5. The first-order chi connectivity index (χ1) is 9.56. The molecule has 0 saturated heterocycles. The number of benzene rings is 1. The highest BCUT2D eigenvalue weighted by atomic mass is 16.1. The van der Waals surface area contributed by atoms with Gasteiger partial charge in [0.25, 0.3) is 5.91 Å². The van der Waals surface area contributed by atoms with Gasteiger partial charge in [0.05, 0.1) is 6.54 Å². The van der Waals surface area contributed by atoms with E-state index in [-0.39, 0.29) is 11.4 Å². The minimum absolute atomic E-state index is 0.00305. The monoisotopic (exact) mass is 270 g/mol. The summed E-state index contributed by atoms with van der Waals surface area (Å²) in [6.07, 6.45) is 4.50. The van der Waals surface area contributed by atoms with Crippen molar-refractivity contribution in [3.05, 3.63) is 34.9 Å². The van der Waals surface area contributed by atoms with E-state index in [0.29, 0.717) is 12.1 Å².